The predicted octanol–water partition coefficient (Wildman–Crippen LogP) is 1.42. The maximum atomic E-state index is 13.0. The molecule has 2 N–H and O–H groups in total. The van der Waals surface area contributed by atoms with Gasteiger partial charge in [-0.05, 0) is 12.5 Å². The van der Waals surface area contributed by atoms with Crippen molar-refractivity contribution in [2.75, 3.05) is 11.9 Å². The largest absolute Gasteiger partial charge is 0.377 e. The summed E-state index contributed by atoms with van der Waals surface area (Å²) in [7, 11) is 0. The Hall–Kier alpha value is -2.18. The molecule has 0 aliphatic carbocycles. The maximum absolute atomic E-state index is 13.0. The van der Waals surface area contributed by atoms with Crippen LogP contribution in [0.5, 0.6) is 0 Å². The topological polar surface area (TPSA) is 84.3 Å². The zero-order valence-electron chi connectivity index (χ0n) is 9.48. The average molecular weight is 253 g/mol. The van der Waals surface area contributed by atoms with Gasteiger partial charge in [-0.15, -0.1) is 0 Å². The van der Waals surface area contributed by atoms with Gasteiger partial charge in [0.05, 0.1) is 4.92 Å². The molecule has 6 nitrogen and oxygen atoms in total. The summed E-state index contributed by atoms with van der Waals surface area (Å²) in [5.74, 6) is -0.575. The number of carbonyl (C=O) groups excluding carboxylic acids is 1. The fourth-order valence-corrected chi connectivity index (χ4v) is 1.87. The van der Waals surface area contributed by atoms with Crippen molar-refractivity contribution in [1.82, 2.24) is 5.32 Å². The van der Waals surface area contributed by atoms with Crippen molar-refractivity contribution in [2.24, 2.45) is 0 Å². The van der Waals surface area contributed by atoms with Gasteiger partial charge in [0, 0.05) is 31.1 Å². The third-order valence-corrected chi connectivity index (χ3v) is 2.78. The maximum Gasteiger partial charge on any atom is 0.292 e. The van der Waals surface area contributed by atoms with Crippen LogP contribution < -0.4 is 10.6 Å². The number of nitro benzene ring substituents is 1. The van der Waals surface area contributed by atoms with Gasteiger partial charge >= 0.3 is 0 Å². The van der Waals surface area contributed by atoms with Crippen LogP contribution in [-0.4, -0.2) is 23.4 Å². The third kappa shape index (κ3) is 2.73. The first-order valence-corrected chi connectivity index (χ1v) is 5.53. The summed E-state index contributed by atoms with van der Waals surface area (Å²) in [6, 6.07) is 3.17. The predicted molar refractivity (Wildman–Crippen MR) is 62.7 cm³/mol. The molecule has 1 saturated heterocycles. The van der Waals surface area contributed by atoms with Crippen LogP contribution in [0.15, 0.2) is 18.2 Å². The Morgan fingerprint density at radius 3 is 2.94 bits per heavy atom. The molecule has 2 rings (SSSR count). The van der Waals surface area contributed by atoms with E-state index in [2.05, 4.69) is 10.6 Å². The van der Waals surface area contributed by atoms with Crippen molar-refractivity contribution in [2.45, 2.75) is 18.9 Å². The van der Waals surface area contributed by atoms with E-state index in [0.29, 0.717) is 19.4 Å². The van der Waals surface area contributed by atoms with Crippen LogP contribution in [0.3, 0.4) is 0 Å². The van der Waals surface area contributed by atoms with Crippen molar-refractivity contribution in [3.05, 3.63) is 34.1 Å². The van der Waals surface area contributed by atoms with Crippen LogP contribution in [-0.2, 0) is 4.79 Å². The summed E-state index contributed by atoms with van der Waals surface area (Å²) >= 11 is 0. The molecule has 0 saturated carbocycles. The van der Waals surface area contributed by atoms with Crippen molar-refractivity contribution in [3.63, 3.8) is 0 Å². The van der Waals surface area contributed by atoms with E-state index >= 15 is 0 Å². The van der Waals surface area contributed by atoms with Crippen LogP contribution in [0.4, 0.5) is 15.8 Å². The van der Waals surface area contributed by atoms with Crippen molar-refractivity contribution >= 4 is 17.3 Å². The highest BCUT2D eigenvalue weighted by molar-refractivity contribution is 5.78. The number of anilines is 1. The van der Waals surface area contributed by atoms with Crippen molar-refractivity contribution in [3.8, 4) is 0 Å². The molecule has 1 amide bonds. The quantitative estimate of drug-likeness (QED) is 0.628. The normalized spacial score (nSPS) is 18.5. The van der Waals surface area contributed by atoms with Gasteiger partial charge in [0.15, 0.2) is 0 Å². The first kappa shape index (κ1) is 12.3. The van der Waals surface area contributed by atoms with Crippen LogP contribution >= 0.6 is 0 Å². The number of nitrogens with one attached hydrogen (secondary N) is 2. The minimum Gasteiger partial charge on any atom is -0.377 e. The Bertz CT molecular complexity index is 492. The molecule has 18 heavy (non-hydrogen) atoms. The molecule has 0 bridgehead atoms. The van der Waals surface area contributed by atoms with Gasteiger partial charge in [0.25, 0.3) is 5.69 Å². The highest BCUT2D eigenvalue weighted by Crippen LogP contribution is 2.25. The number of nitrogens with zero attached hydrogens (tertiary/aromatic N) is 1. The van der Waals surface area contributed by atoms with E-state index < -0.39 is 10.7 Å². The second kappa shape index (κ2) is 4.99. The Labute approximate surface area is 102 Å². The van der Waals surface area contributed by atoms with E-state index in [4.69, 9.17) is 0 Å². The number of amides is 1. The smallest absolute Gasteiger partial charge is 0.292 e. The summed E-state index contributed by atoms with van der Waals surface area (Å²) in [5.41, 5.74) is -0.0538. The van der Waals surface area contributed by atoms with Crippen molar-refractivity contribution in [1.29, 1.82) is 0 Å². The van der Waals surface area contributed by atoms with E-state index in [1.165, 1.54) is 0 Å². The molecule has 1 aromatic rings. The second-order valence-corrected chi connectivity index (χ2v) is 4.10. The standard InChI is InChI=1S/C11H12FN3O3/c12-7-1-3-10(15(17)18)9(5-7)13-6-8-2-4-11(16)14-8/h1,3,5,8,13H,2,4,6H2,(H,14,16). The molecule has 1 heterocycles. The molecule has 0 spiro atoms. The van der Waals surface area contributed by atoms with E-state index in [9.17, 15) is 19.3 Å². The molecule has 1 fully saturated rings. The summed E-state index contributed by atoms with van der Waals surface area (Å²) in [6.45, 7) is 0.343. The fourth-order valence-electron chi connectivity index (χ4n) is 1.87. The average Bonchev–Trinajstić information content (AvgIpc) is 2.72. The van der Waals surface area contributed by atoms with Crippen LogP contribution in [0, 0.1) is 15.9 Å². The first-order chi connectivity index (χ1) is 8.56. The molecule has 1 aliphatic heterocycles. The number of hydrogen-bond donors (Lipinski definition) is 2. The monoisotopic (exact) mass is 253 g/mol. The van der Waals surface area contributed by atoms with Crippen LogP contribution in [0.1, 0.15) is 12.8 Å². The summed E-state index contributed by atoms with van der Waals surface area (Å²) in [4.78, 5) is 21.2. The molecule has 0 radical (unpaired) electrons. The second-order valence-electron chi connectivity index (χ2n) is 4.10. The first-order valence-electron chi connectivity index (χ1n) is 5.53. The van der Waals surface area contributed by atoms with Crippen molar-refractivity contribution < 1.29 is 14.1 Å². The number of rotatable bonds is 4. The lowest BCUT2D eigenvalue weighted by Gasteiger charge is -2.12. The van der Waals surface area contributed by atoms with Gasteiger partial charge in [0.1, 0.15) is 11.5 Å². The summed E-state index contributed by atoms with van der Waals surface area (Å²) in [6.07, 6.45) is 1.13. The van der Waals surface area contributed by atoms with Gasteiger partial charge in [-0.25, -0.2) is 4.39 Å². The zero-order chi connectivity index (χ0) is 13.1. The van der Waals surface area contributed by atoms with E-state index in [1.54, 1.807) is 0 Å². The number of benzene rings is 1. The Morgan fingerprint density at radius 2 is 2.33 bits per heavy atom. The van der Waals surface area contributed by atoms with Crippen LogP contribution in [0.25, 0.3) is 0 Å². The minimum atomic E-state index is -0.574. The van der Waals surface area contributed by atoms with Gasteiger partial charge in [-0.1, -0.05) is 0 Å². The number of hydrogen-bond acceptors (Lipinski definition) is 4. The summed E-state index contributed by atoms with van der Waals surface area (Å²) in [5, 5.41) is 16.3. The highest BCUT2D eigenvalue weighted by Gasteiger charge is 2.21. The molecular formula is C11H12FN3O3. The van der Waals surface area contributed by atoms with Gasteiger partial charge < -0.3 is 10.6 Å². The number of nitro groups is 1. The van der Waals surface area contributed by atoms with Gasteiger partial charge in [-0.3, -0.25) is 14.9 Å². The molecule has 7 heteroatoms. The molecule has 1 unspecified atom stereocenters. The lowest BCUT2D eigenvalue weighted by atomic mass is 10.2. The Morgan fingerprint density at radius 1 is 1.56 bits per heavy atom. The Kier molecular flexibility index (Phi) is 3.40. The lowest BCUT2D eigenvalue weighted by molar-refractivity contribution is -0.384. The molecule has 1 atom stereocenters. The molecule has 1 aliphatic rings. The fraction of sp³-hybridized carbons (Fsp3) is 0.364. The molecule has 96 valence electrons. The highest BCUT2D eigenvalue weighted by atomic mass is 19.1. The minimum absolute atomic E-state index is 0.0319. The SMILES string of the molecule is O=C1CCC(CNc2cc(F)ccc2[N+](=O)[O-])N1. The third-order valence-electron chi connectivity index (χ3n) is 2.78. The van der Waals surface area contributed by atoms with E-state index in [1.807, 2.05) is 0 Å². The lowest BCUT2D eigenvalue weighted by Crippen LogP contribution is -2.31. The molecule has 0 aromatic heterocycles. The molecular weight excluding hydrogens is 241 g/mol. The van der Waals surface area contributed by atoms with Crippen LogP contribution in [0.2, 0.25) is 0 Å². The number of carbonyl (C=O) groups is 1. The molecule has 1 aromatic carbocycles. The Balaban J connectivity index is 2.06. The van der Waals surface area contributed by atoms with Gasteiger partial charge in [0.2, 0.25) is 5.91 Å². The number of halogens is 1. The zero-order valence-corrected chi connectivity index (χ0v) is 9.48. The van der Waals surface area contributed by atoms with Gasteiger partial charge in [-0.2, -0.15) is 0 Å². The van der Waals surface area contributed by atoms with E-state index in [-0.39, 0.29) is 23.3 Å². The van der Waals surface area contributed by atoms with E-state index in [0.717, 1.165) is 18.2 Å². The summed E-state index contributed by atoms with van der Waals surface area (Å²) < 4.78 is 13.0.